The van der Waals surface area contributed by atoms with Gasteiger partial charge < -0.3 is 17.2 Å². The van der Waals surface area contributed by atoms with Crippen molar-refractivity contribution in [3.05, 3.63) is 47.5 Å². The van der Waals surface area contributed by atoms with Crippen LogP contribution in [0.3, 0.4) is 0 Å². The van der Waals surface area contributed by atoms with E-state index in [1.807, 2.05) is 30.3 Å². The van der Waals surface area contributed by atoms with E-state index in [0.717, 1.165) is 38.5 Å². The summed E-state index contributed by atoms with van der Waals surface area (Å²) in [6, 6.07) is 10.0. The Kier molecular flexibility index (Phi) is 42.5. The van der Waals surface area contributed by atoms with E-state index in [1.54, 1.807) is 0 Å². The molecule has 1 aromatic rings. The number of nitrogens with one attached hydrogen (secondary N) is 3. The van der Waals surface area contributed by atoms with Gasteiger partial charge in [0.1, 0.15) is 0 Å². The van der Waals surface area contributed by atoms with Crippen LogP contribution in [0.4, 0.5) is 26.3 Å². The summed E-state index contributed by atoms with van der Waals surface area (Å²) in [5.41, 5.74) is 19.8. The Balaban J connectivity index is -0.0000000884. The maximum atomic E-state index is 10.9. The number of hydrogen-bond acceptors (Lipinski definition) is 0. The van der Waals surface area contributed by atoms with Crippen LogP contribution in [-0.2, 0) is 26.2 Å². The van der Waals surface area contributed by atoms with E-state index < -0.39 is 25.4 Å². The van der Waals surface area contributed by atoms with Crippen LogP contribution in [0.2, 0.25) is 0 Å². The van der Waals surface area contributed by atoms with Crippen molar-refractivity contribution in [1.82, 2.24) is 0 Å². The molecule has 0 aliphatic heterocycles. The van der Waals surface area contributed by atoms with Gasteiger partial charge in [-0.3, -0.25) is 0 Å². The van der Waals surface area contributed by atoms with Crippen LogP contribution in [0.25, 0.3) is 17.2 Å². The minimum absolute atomic E-state index is 0. The van der Waals surface area contributed by atoms with Gasteiger partial charge in [0.05, 0.1) is 0 Å². The normalized spacial score (nSPS) is 9.73. The average Bonchev–Trinajstić information content (AvgIpc) is 3.15. The first-order valence-electron chi connectivity index (χ1n) is 9.56. The third kappa shape index (κ3) is 70.5. The number of halogens is 6. The van der Waals surface area contributed by atoms with Gasteiger partial charge in [0.2, 0.25) is 0 Å². The summed E-state index contributed by atoms with van der Waals surface area (Å²) in [6.07, 6.45) is 6.64. The van der Waals surface area contributed by atoms with Crippen molar-refractivity contribution in [3.8, 4) is 0 Å². The monoisotopic (exact) mass is 584 g/mol. The predicted octanol–water partition coefficient (Wildman–Crippen LogP) is 8.38. The fourth-order valence-electron chi connectivity index (χ4n) is 1.04. The molecule has 1 radical (unpaired) electrons. The van der Waals surface area contributed by atoms with Crippen molar-refractivity contribution in [2.45, 2.75) is 69.3 Å². The number of rotatable bonds is 6. The Hall–Kier alpha value is 0.236. The van der Waals surface area contributed by atoms with Crippen molar-refractivity contribution in [2.24, 2.45) is 0 Å². The summed E-state index contributed by atoms with van der Waals surface area (Å²) < 4.78 is 65.4. The summed E-state index contributed by atoms with van der Waals surface area (Å²) in [5, 5.41) is -9.97. The van der Waals surface area contributed by atoms with Gasteiger partial charge in [-0.15, -0.1) is 0 Å². The van der Waals surface area contributed by atoms with Crippen molar-refractivity contribution in [1.29, 1.82) is 0 Å². The molecule has 1 rings (SSSR count). The molecule has 3 nitrogen and oxygen atoms in total. The Morgan fingerprint density at radius 3 is 0.967 bits per heavy atom. The van der Waals surface area contributed by atoms with Crippen LogP contribution in [-0.4, -0.2) is 45.1 Å². The molecule has 0 fully saturated rings. The van der Waals surface area contributed by atoms with Gasteiger partial charge in [-0.25, -0.2) is 12.1 Å². The molecule has 0 heterocycles. The second kappa shape index (κ2) is 31.4. The van der Waals surface area contributed by atoms with Gasteiger partial charge in [-0.2, -0.15) is 37.8 Å². The molecule has 0 aromatic heterocycles. The van der Waals surface area contributed by atoms with E-state index in [2.05, 4.69) is 20.8 Å². The fraction of sp³-hybridized carbons (Fsp3) is 0.737. The van der Waals surface area contributed by atoms with Crippen LogP contribution in [0.5, 0.6) is 0 Å². The third-order valence-electron chi connectivity index (χ3n) is 2.47. The van der Waals surface area contributed by atoms with E-state index >= 15 is 0 Å². The molecule has 0 amide bonds. The second-order valence-corrected chi connectivity index (χ2v) is 8.85. The molecule has 0 saturated carbocycles. The molecule has 11 heteroatoms. The number of hydrogen-bond donors (Lipinski definition) is 0. The molecule has 0 aliphatic carbocycles. The summed E-state index contributed by atoms with van der Waals surface area (Å²) in [4.78, 5) is 0. The Morgan fingerprint density at radius 2 is 0.933 bits per heavy atom. The first kappa shape index (κ1) is 40.6. The molecular formula is C19H36F6GeN3Zr. The van der Waals surface area contributed by atoms with Crippen LogP contribution in [0.1, 0.15) is 59.3 Å². The van der Waals surface area contributed by atoms with E-state index in [4.69, 9.17) is 17.2 Å². The standard InChI is InChI=1S/C5H5.3C4H10N.C2HF6Ge.Zr/c1-2-4-5-3-1;3*1-2-3-4-5;3-1(4,5)9-2(6,7)8;/h1-5H;3*5H,2-4H2,1H3;9H;/q4*-1;;+4. The van der Waals surface area contributed by atoms with Crippen molar-refractivity contribution >= 4 is 15.4 Å². The topological polar surface area (TPSA) is 71.4 Å². The van der Waals surface area contributed by atoms with Gasteiger partial charge >= 0.3 is 78.0 Å². The maximum absolute atomic E-state index is 10.9. The molecule has 3 N–H and O–H groups in total. The summed E-state index contributed by atoms with van der Waals surface area (Å²) in [5.74, 6) is 0. The molecule has 177 valence electrons. The largest absolute Gasteiger partial charge is 4.00 e. The summed E-state index contributed by atoms with van der Waals surface area (Å²) in [6.45, 7) is 8.06. The van der Waals surface area contributed by atoms with E-state index in [1.165, 1.54) is 0 Å². The van der Waals surface area contributed by atoms with Gasteiger partial charge in [-0.1, -0.05) is 59.3 Å². The average molecular weight is 584 g/mol. The third-order valence-corrected chi connectivity index (χ3v) is 3.85. The van der Waals surface area contributed by atoms with Gasteiger partial charge in [0.25, 0.3) is 0 Å². The zero-order valence-corrected chi connectivity index (χ0v) is 23.0. The smallest absolute Gasteiger partial charge is 0.214 e. The summed E-state index contributed by atoms with van der Waals surface area (Å²) in [7, 11) is 0. The molecule has 0 saturated heterocycles. The van der Waals surface area contributed by atoms with Crippen LogP contribution in [0.15, 0.2) is 30.3 Å². The van der Waals surface area contributed by atoms with Gasteiger partial charge in [-0.05, 0) is 0 Å². The van der Waals surface area contributed by atoms with Crippen LogP contribution >= 0.6 is 0 Å². The second-order valence-electron chi connectivity index (χ2n) is 5.50. The van der Waals surface area contributed by atoms with E-state index in [-0.39, 0.29) is 26.2 Å². The van der Waals surface area contributed by atoms with E-state index in [0.29, 0.717) is 19.6 Å². The Morgan fingerprint density at radius 1 is 0.667 bits per heavy atom. The van der Waals surface area contributed by atoms with Crippen LogP contribution in [0, 0.1) is 0 Å². The number of unbranched alkanes of at least 4 members (excludes halogenated alkanes) is 3. The molecule has 1 aromatic carbocycles. The first-order chi connectivity index (χ1) is 13.4. The molecular weight excluding hydrogens is 548 g/mol. The zero-order valence-electron chi connectivity index (χ0n) is 18.1. The Labute approximate surface area is 203 Å². The zero-order chi connectivity index (χ0) is 23.6. The maximum Gasteiger partial charge on any atom is 4.00 e. The summed E-state index contributed by atoms with van der Waals surface area (Å²) >= 11 is -4.06. The molecule has 0 bridgehead atoms. The van der Waals surface area contributed by atoms with Gasteiger partial charge in [0, 0.05) is 0 Å². The Bertz CT molecular complexity index is 315. The quantitative estimate of drug-likeness (QED) is 0.183. The van der Waals surface area contributed by atoms with Crippen molar-refractivity contribution in [3.63, 3.8) is 0 Å². The minimum Gasteiger partial charge on any atom is -0.214 e. The number of alkyl halides is 6. The fourth-order valence-corrected chi connectivity index (χ4v) is 1.82. The molecule has 30 heavy (non-hydrogen) atoms. The van der Waals surface area contributed by atoms with Crippen molar-refractivity contribution in [2.75, 3.05) is 19.6 Å². The first-order valence-corrected chi connectivity index (χ1v) is 12.0. The predicted molar refractivity (Wildman–Crippen MR) is 114 cm³/mol. The minimum atomic E-state index is -4.98. The molecule has 0 spiro atoms. The van der Waals surface area contributed by atoms with Gasteiger partial charge in [0.15, 0.2) is 0 Å². The van der Waals surface area contributed by atoms with Crippen molar-refractivity contribution < 1.29 is 52.5 Å². The molecule has 0 atom stereocenters. The molecule has 0 unspecified atom stereocenters. The van der Waals surface area contributed by atoms with E-state index in [9.17, 15) is 26.3 Å². The van der Waals surface area contributed by atoms with Crippen LogP contribution < -0.4 is 0 Å². The SMILES string of the molecule is CCCC[NH-].CCCC[NH-].CCCC[NH-].F[C](F)(F)[GeH][C](F)(F)F.[Zr+4].c1cc[cH-]c1. The molecule has 0 aliphatic rings.